The summed E-state index contributed by atoms with van der Waals surface area (Å²) < 4.78 is 69.1. The number of amides is 1. The summed E-state index contributed by atoms with van der Waals surface area (Å²) >= 11 is 1.28. The summed E-state index contributed by atoms with van der Waals surface area (Å²) in [6.45, 7) is -0.803. The van der Waals surface area contributed by atoms with Gasteiger partial charge in [0.1, 0.15) is 5.75 Å². The van der Waals surface area contributed by atoms with Crippen LogP contribution in [0, 0.1) is 0 Å². The quantitative estimate of drug-likeness (QED) is 0.752. The number of rotatable bonds is 6. The molecule has 1 aromatic carbocycles. The molecule has 0 aliphatic carbocycles. The van der Waals surface area contributed by atoms with E-state index in [2.05, 4.69) is 5.32 Å². The number of hydrogen-bond donors (Lipinski definition) is 1. The lowest BCUT2D eigenvalue weighted by Crippen LogP contribution is -2.28. The monoisotopic (exact) mass is 434 g/mol. The summed E-state index contributed by atoms with van der Waals surface area (Å²) in [5.41, 5.74) is 0.167. The molecule has 1 aromatic heterocycles. The van der Waals surface area contributed by atoms with Gasteiger partial charge in [0.15, 0.2) is 6.61 Å². The van der Waals surface area contributed by atoms with Gasteiger partial charge in [0.25, 0.3) is 5.91 Å². The lowest BCUT2D eigenvalue weighted by Gasteiger charge is -2.18. The molecule has 0 atom stereocenters. The average molecular weight is 434 g/mol. The predicted octanol–water partition coefficient (Wildman–Crippen LogP) is 3.73. The van der Waals surface area contributed by atoms with E-state index < -0.39 is 28.7 Å². The topological polar surface area (TPSA) is 75.7 Å². The molecule has 1 aliphatic rings. The molecular formula is C17H17F3N2O4S2. The number of anilines is 1. The second-order valence-corrected chi connectivity index (χ2v) is 8.86. The highest BCUT2D eigenvalue weighted by Crippen LogP contribution is 2.32. The SMILES string of the molecule is O=C(Nc1cc(S(=O)(=O)N2CCCC2)ccc1OCC(F)(F)F)c1ccsc1. The Bertz CT molecular complexity index is 938. The number of sulfonamides is 1. The van der Waals surface area contributed by atoms with Gasteiger partial charge < -0.3 is 10.1 Å². The van der Waals surface area contributed by atoms with Crippen molar-refractivity contribution in [1.82, 2.24) is 4.31 Å². The van der Waals surface area contributed by atoms with Crippen LogP contribution >= 0.6 is 11.3 Å². The van der Waals surface area contributed by atoms with Gasteiger partial charge in [-0.05, 0) is 42.5 Å². The van der Waals surface area contributed by atoms with Crippen LogP contribution in [0.25, 0.3) is 0 Å². The minimum absolute atomic E-state index is 0.116. The second-order valence-electron chi connectivity index (χ2n) is 6.14. The summed E-state index contributed by atoms with van der Waals surface area (Å²) in [7, 11) is -3.80. The van der Waals surface area contributed by atoms with Gasteiger partial charge in [0.2, 0.25) is 10.0 Å². The fourth-order valence-corrected chi connectivity index (χ4v) is 4.90. The van der Waals surface area contributed by atoms with E-state index in [4.69, 9.17) is 4.74 Å². The lowest BCUT2D eigenvalue weighted by atomic mass is 10.2. The van der Waals surface area contributed by atoms with E-state index in [1.807, 2.05) is 0 Å². The summed E-state index contributed by atoms with van der Waals surface area (Å²) in [4.78, 5) is 12.2. The predicted molar refractivity (Wildman–Crippen MR) is 98.3 cm³/mol. The van der Waals surface area contributed by atoms with Gasteiger partial charge in [-0.3, -0.25) is 4.79 Å². The Morgan fingerprint density at radius 3 is 2.54 bits per heavy atom. The van der Waals surface area contributed by atoms with Gasteiger partial charge in [0.05, 0.1) is 16.1 Å². The number of carbonyl (C=O) groups excluding carboxylic acids is 1. The first-order valence-electron chi connectivity index (χ1n) is 8.34. The number of alkyl halides is 3. The van der Waals surface area contributed by atoms with E-state index in [0.717, 1.165) is 25.0 Å². The first-order chi connectivity index (χ1) is 13.2. The van der Waals surface area contributed by atoms with E-state index in [-0.39, 0.29) is 16.3 Å². The molecule has 1 aliphatic heterocycles. The van der Waals surface area contributed by atoms with Crippen molar-refractivity contribution >= 4 is 33.0 Å². The van der Waals surface area contributed by atoms with Gasteiger partial charge in [-0.15, -0.1) is 0 Å². The van der Waals surface area contributed by atoms with E-state index in [1.165, 1.54) is 21.7 Å². The van der Waals surface area contributed by atoms with Crippen LogP contribution in [0.1, 0.15) is 23.2 Å². The van der Waals surface area contributed by atoms with Crippen LogP contribution in [-0.2, 0) is 10.0 Å². The zero-order valence-corrected chi connectivity index (χ0v) is 16.2. The van der Waals surface area contributed by atoms with Crippen molar-refractivity contribution in [2.75, 3.05) is 25.0 Å². The molecular weight excluding hydrogens is 417 g/mol. The van der Waals surface area contributed by atoms with Crippen LogP contribution < -0.4 is 10.1 Å². The van der Waals surface area contributed by atoms with E-state index in [9.17, 15) is 26.4 Å². The van der Waals surface area contributed by atoms with E-state index >= 15 is 0 Å². The molecule has 1 N–H and O–H groups in total. The number of ether oxygens (including phenoxy) is 1. The molecule has 2 aromatic rings. The highest BCUT2D eigenvalue weighted by molar-refractivity contribution is 7.89. The third-order valence-corrected chi connectivity index (χ3v) is 6.65. The third-order valence-electron chi connectivity index (χ3n) is 4.08. The highest BCUT2D eigenvalue weighted by atomic mass is 32.2. The standard InChI is InChI=1S/C17H17F3N2O4S2/c18-17(19,20)11-26-15-4-3-13(28(24,25)22-6-1-2-7-22)9-14(15)21-16(23)12-5-8-27-10-12/h3-5,8-10H,1-2,6-7,11H2,(H,21,23). The summed E-state index contributed by atoms with van der Waals surface area (Å²) in [6, 6.07) is 4.97. The number of thiophene rings is 1. The van der Waals surface area contributed by atoms with Crippen molar-refractivity contribution in [1.29, 1.82) is 0 Å². The number of benzene rings is 1. The zero-order valence-electron chi connectivity index (χ0n) is 14.5. The maximum Gasteiger partial charge on any atom is 0.422 e. The molecule has 3 rings (SSSR count). The lowest BCUT2D eigenvalue weighted by molar-refractivity contribution is -0.153. The first kappa shape index (κ1) is 20.6. The molecule has 152 valence electrons. The molecule has 0 saturated carbocycles. The summed E-state index contributed by atoms with van der Waals surface area (Å²) in [5.74, 6) is -0.838. The van der Waals surface area contributed by atoms with Gasteiger partial charge in [-0.2, -0.15) is 28.8 Å². The van der Waals surface area contributed by atoms with Crippen LogP contribution in [0.15, 0.2) is 39.9 Å². The van der Waals surface area contributed by atoms with E-state index in [0.29, 0.717) is 18.7 Å². The molecule has 11 heteroatoms. The summed E-state index contributed by atoms with van der Waals surface area (Å²) in [5, 5.41) is 5.68. The van der Waals surface area contributed by atoms with Crippen molar-refractivity contribution < 1.29 is 31.1 Å². The Balaban J connectivity index is 1.92. The summed E-state index contributed by atoms with van der Waals surface area (Å²) in [6.07, 6.45) is -3.09. The zero-order chi connectivity index (χ0) is 20.4. The minimum atomic E-state index is -4.57. The molecule has 0 spiro atoms. The van der Waals surface area contributed by atoms with Crippen LogP contribution in [0.4, 0.5) is 18.9 Å². The third kappa shape index (κ3) is 4.83. The van der Waals surface area contributed by atoms with Gasteiger partial charge >= 0.3 is 6.18 Å². The average Bonchev–Trinajstić information content (AvgIpc) is 3.33. The number of nitrogens with zero attached hydrogens (tertiary/aromatic N) is 1. The molecule has 0 radical (unpaired) electrons. The molecule has 6 nitrogen and oxygen atoms in total. The molecule has 2 heterocycles. The molecule has 1 fully saturated rings. The number of nitrogens with one attached hydrogen (secondary N) is 1. The first-order valence-corrected chi connectivity index (χ1v) is 10.7. The smallest absolute Gasteiger partial charge is 0.422 e. The molecule has 0 bridgehead atoms. The Morgan fingerprint density at radius 1 is 1.21 bits per heavy atom. The molecule has 1 amide bonds. The van der Waals surface area contributed by atoms with Gasteiger partial charge in [0, 0.05) is 18.5 Å². The van der Waals surface area contributed by atoms with Gasteiger partial charge in [-0.25, -0.2) is 8.42 Å². The van der Waals surface area contributed by atoms with Crippen LogP contribution in [-0.4, -0.2) is 44.5 Å². The molecule has 0 unspecified atom stereocenters. The van der Waals surface area contributed by atoms with Gasteiger partial charge in [-0.1, -0.05) is 0 Å². The number of halogens is 3. The largest absolute Gasteiger partial charge is 0.482 e. The van der Waals surface area contributed by atoms with Crippen LogP contribution in [0.5, 0.6) is 5.75 Å². The fraction of sp³-hybridized carbons (Fsp3) is 0.353. The van der Waals surface area contributed by atoms with Crippen molar-refractivity contribution in [3.05, 3.63) is 40.6 Å². The maximum absolute atomic E-state index is 12.7. The maximum atomic E-state index is 12.7. The normalized spacial score (nSPS) is 15.5. The van der Waals surface area contributed by atoms with Crippen molar-refractivity contribution in [2.45, 2.75) is 23.9 Å². The molecule has 1 saturated heterocycles. The Labute approximate surface area is 164 Å². The Hall–Kier alpha value is -2.11. The molecule has 28 heavy (non-hydrogen) atoms. The Kier molecular flexibility index (Phi) is 5.96. The van der Waals surface area contributed by atoms with E-state index in [1.54, 1.807) is 16.8 Å². The number of carbonyl (C=O) groups is 1. The van der Waals surface area contributed by atoms with Crippen LogP contribution in [0.2, 0.25) is 0 Å². The Morgan fingerprint density at radius 2 is 1.93 bits per heavy atom. The minimum Gasteiger partial charge on any atom is -0.482 e. The van der Waals surface area contributed by atoms with Crippen molar-refractivity contribution in [2.24, 2.45) is 0 Å². The van der Waals surface area contributed by atoms with Crippen molar-refractivity contribution in [3.63, 3.8) is 0 Å². The second kappa shape index (κ2) is 8.10. The van der Waals surface area contributed by atoms with Crippen LogP contribution in [0.3, 0.4) is 0 Å². The van der Waals surface area contributed by atoms with Crippen molar-refractivity contribution in [3.8, 4) is 5.75 Å². The number of hydrogen-bond acceptors (Lipinski definition) is 5. The fourth-order valence-electron chi connectivity index (χ4n) is 2.72. The highest BCUT2D eigenvalue weighted by Gasteiger charge is 2.31.